The van der Waals surface area contributed by atoms with E-state index in [9.17, 15) is 8.78 Å². The molecule has 34 heavy (non-hydrogen) atoms. The van der Waals surface area contributed by atoms with Gasteiger partial charge in [0, 0.05) is 43.3 Å². The fraction of sp³-hybridized carbons (Fsp3) is 0.385. The first kappa shape index (κ1) is 26.8. The Bertz CT molecular complexity index is 940. The number of halogens is 2. The molecule has 2 heterocycles. The van der Waals surface area contributed by atoms with Crippen LogP contribution in [0.1, 0.15) is 33.6 Å². The third-order valence-corrected chi connectivity index (χ3v) is 5.30. The number of pyridine rings is 1. The van der Waals surface area contributed by atoms with E-state index in [2.05, 4.69) is 31.1 Å². The summed E-state index contributed by atoms with van der Waals surface area (Å²) in [5, 5.41) is 0. The zero-order valence-corrected chi connectivity index (χ0v) is 20.3. The monoisotopic (exact) mass is 472 g/mol. The number of methoxy groups -OCH3 is 1. The van der Waals surface area contributed by atoms with Crippen LogP contribution in [0.3, 0.4) is 0 Å². The third-order valence-electron chi connectivity index (χ3n) is 5.30. The van der Waals surface area contributed by atoms with Crippen LogP contribution >= 0.6 is 0 Å². The lowest BCUT2D eigenvalue weighted by Crippen LogP contribution is -2.42. The van der Waals surface area contributed by atoms with Gasteiger partial charge in [-0.3, -0.25) is 4.98 Å². The first-order valence-electron chi connectivity index (χ1n) is 11.5. The molecule has 1 aliphatic heterocycles. The Hall–Kier alpha value is -3.42. The first-order valence-corrected chi connectivity index (χ1v) is 11.5. The largest absolute Gasteiger partial charge is 0.494 e. The van der Waals surface area contributed by atoms with E-state index in [1.807, 2.05) is 32.9 Å². The van der Waals surface area contributed by atoms with Crippen LogP contribution in [0.2, 0.25) is 0 Å². The molecule has 1 saturated heterocycles. The number of hydrogen-bond acceptors (Lipinski definition) is 6. The molecule has 0 unspecified atom stereocenters. The molecular weight excluding hydrogens is 438 g/mol. The number of aliphatic imine (C=N–C) groups is 1. The molecule has 0 bridgehead atoms. The van der Waals surface area contributed by atoms with Crippen molar-refractivity contribution >= 4 is 17.6 Å². The van der Waals surface area contributed by atoms with E-state index in [0.29, 0.717) is 5.75 Å². The predicted molar refractivity (Wildman–Crippen MR) is 134 cm³/mol. The minimum Gasteiger partial charge on any atom is -0.494 e. The highest BCUT2D eigenvalue weighted by atomic mass is 19.3. The molecule has 8 heteroatoms. The van der Waals surface area contributed by atoms with Gasteiger partial charge in [-0.15, -0.1) is 0 Å². The minimum atomic E-state index is -2.86. The highest BCUT2D eigenvalue weighted by Crippen LogP contribution is 2.38. The van der Waals surface area contributed by atoms with Crippen molar-refractivity contribution < 1.29 is 18.3 Å². The van der Waals surface area contributed by atoms with Crippen molar-refractivity contribution in [2.45, 2.75) is 46.3 Å². The fourth-order valence-electron chi connectivity index (χ4n) is 3.88. The second-order valence-electron chi connectivity index (χ2n) is 7.17. The summed E-state index contributed by atoms with van der Waals surface area (Å²) in [6, 6.07) is 8.63. The molecule has 0 spiro atoms. The van der Waals surface area contributed by atoms with Gasteiger partial charge in [-0.1, -0.05) is 26.5 Å². The summed E-state index contributed by atoms with van der Waals surface area (Å²) in [6.45, 7) is 8.44. The third kappa shape index (κ3) is 7.04. The number of hydrogen-bond donors (Lipinski definition) is 0. The molecular formula is C26H34F2N4O2. The predicted octanol–water partition coefficient (Wildman–Crippen LogP) is 6.44. The fourth-order valence-corrected chi connectivity index (χ4v) is 3.88. The molecule has 1 aliphatic rings. The number of rotatable bonds is 9. The molecule has 0 radical (unpaired) electrons. The van der Waals surface area contributed by atoms with Crippen molar-refractivity contribution in [1.82, 2.24) is 9.88 Å². The maximum absolute atomic E-state index is 12.6. The van der Waals surface area contributed by atoms with E-state index in [0.717, 1.165) is 43.1 Å². The number of benzene rings is 1. The van der Waals surface area contributed by atoms with Gasteiger partial charge in [0.15, 0.2) is 0 Å². The summed E-state index contributed by atoms with van der Waals surface area (Å²) in [5.74, 6) is 1.73. The van der Waals surface area contributed by atoms with Gasteiger partial charge in [0.05, 0.1) is 13.3 Å². The van der Waals surface area contributed by atoms with Crippen LogP contribution in [0.15, 0.2) is 72.3 Å². The number of alkyl halides is 2. The van der Waals surface area contributed by atoms with E-state index in [4.69, 9.17) is 4.74 Å². The molecule has 1 fully saturated rings. The van der Waals surface area contributed by atoms with Crippen molar-refractivity contribution in [1.29, 1.82) is 0 Å². The number of allylic oxidation sites excluding steroid dienone is 2. The number of likely N-dealkylation sites (tertiary alicyclic amines) is 1. The van der Waals surface area contributed by atoms with Gasteiger partial charge in [0.2, 0.25) is 0 Å². The summed E-state index contributed by atoms with van der Waals surface area (Å²) in [5.41, 5.74) is 1.68. The van der Waals surface area contributed by atoms with Crippen LogP contribution in [0.4, 0.5) is 20.2 Å². The number of piperidine rings is 1. The van der Waals surface area contributed by atoms with Crippen molar-refractivity contribution in [2.24, 2.45) is 4.99 Å². The molecule has 0 aliphatic carbocycles. The zero-order chi connectivity index (χ0) is 24.9. The lowest BCUT2D eigenvalue weighted by atomic mass is 10.0. The van der Waals surface area contributed by atoms with E-state index in [1.54, 1.807) is 56.1 Å². The zero-order valence-electron chi connectivity index (χ0n) is 20.3. The van der Waals surface area contributed by atoms with Gasteiger partial charge >= 0.3 is 6.61 Å². The SMILES string of the molecule is C=C/C=N\C(=C/C)N1CCC(N(c2ccc(OC(F)F)cc2)c2cnccc2OC)CC1.CC. The average molecular weight is 473 g/mol. The Morgan fingerprint density at radius 2 is 1.88 bits per heavy atom. The van der Waals surface area contributed by atoms with Gasteiger partial charge in [-0.2, -0.15) is 8.78 Å². The molecule has 0 N–H and O–H groups in total. The van der Waals surface area contributed by atoms with Crippen molar-refractivity contribution in [3.05, 3.63) is 67.3 Å². The molecule has 6 nitrogen and oxygen atoms in total. The van der Waals surface area contributed by atoms with Crippen molar-refractivity contribution in [2.75, 3.05) is 25.1 Å². The summed E-state index contributed by atoms with van der Waals surface area (Å²) >= 11 is 0. The number of anilines is 2. The lowest BCUT2D eigenvalue weighted by Gasteiger charge is -2.40. The maximum atomic E-state index is 12.6. The molecule has 1 aromatic carbocycles. The standard InChI is InChI=1S/C24H28F2N4O2.C2H6/c1-4-13-28-23(5-2)29-15-11-19(12-16-29)30(21-17-27-14-10-22(21)31-3)18-6-8-20(9-7-18)32-24(25)26;1-2/h4-10,13-14,17,19,24H,1,11-12,15-16H2,2-3H3;1-2H3/b23-5+,28-13-;. The van der Waals surface area contributed by atoms with Crippen molar-refractivity contribution in [3.63, 3.8) is 0 Å². The minimum absolute atomic E-state index is 0.120. The molecule has 2 aromatic rings. The van der Waals surface area contributed by atoms with E-state index < -0.39 is 6.61 Å². The summed E-state index contributed by atoms with van der Waals surface area (Å²) in [4.78, 5) is 13.2. The molecule has 0 saturated carbocycles. The average Bonchev–Trinajstić information content (AvgIpc) is 2.87. The van der Waals surface area contributed by atoms with Gasteiger partial charge < -0.3 is 19.3 Å². The topological polar surface area (TPSA) is 50.2 Å². The summed E-state index contributed by atoms with van der Waals surface area (Å²) in [6.07, 6.45) is 10.5. The van der Waals surface area contributed by atoms with Crippen LogP contribution < -0.4 is 14.4 Å². The Balaban J connectivity index is 0.00000199. The summed E-state index contributed by atoms with van der Waals surface area (Å²) in [7, 11) is 1.62. The first-order chi connectivity index (χ1) is 16.6. The van der Waals surface area contributed by atoms with Crippen molar-refractivity contribution in [3.8, 4) is 11.5 Å². The highest BCUT2D eigenvalue weighted by Gasteiger charge is 2.28. The Labute approximate surface area is 201 Å². The van der Waals surface area contributed by atoms with Crippen LogP contribution in [0.25, 0.3) is 0 Å². The van der Waals surface area contributed by atoms with Gasteiger partial charge in [-0.05, 0) is 50.1 Å². The maximum Gasteiger partial charge on any atom is 0.387 e. The van der Waals surface area contributed by atoms with Crippen LogP contribution in [-0.4, -0.2) is 49.0 Å². The Kier molecular flexibility index (Phi) is 11.0. The Morgan fingerprint density at radius 1 is 1.21 bits per heavy atom. The van der Waals surface area contributed by atoms with E-state index in [-0.39, 0.29) is 11.8 Å². The van der Waals surface area contributed by atoms with E-state index >= 15 is 0 Å². The molecule has 0 atom stereocenters. The molecule has 1 aromatic heterocycles. The second kappa shape index (κ2) is 14.0. The van der Waals surface area contributed by atoms with Crippen LogP contribution in [0.5, 0.6) is 11.5 Å². The van der Waals surface area contributed by atoms with E-state index in [1.165, 1.54) is 0 Å². The molecule has 0 amide bonds. The summed E-state index contributed by atoms with van der Waals surface area (Å²) < 4.78 is 35.2. The quantitative estimate of drug-likeness (QED) is 0.393. The smallest absolute Gasteiger partial charge is 0.387 e. The Morgan fingerprint density at radius 3 is 2.44 bits per heavy atom. The number of ether oxygens (including phenoxy) is 2. The molecule has 3 rings (SSSR count). The molecule has 184 valence electrons. The highest BCUT2D eigenvalue weighted by molar-refractivity contribution is 5.71. The van der Waals surface area contributed by atoms with Gasteiger partial charge in [0.1, 0.15) is 23.0 Å². The second-order valence-corrected chi connectivity index (χ2v) is 7.17. The van der Waals surface area contributed by atoms with Gasteiger partial charge in [0.25, 0.3) is 0 Å². The number of nitrogens with zero attached hydrogens (tertiary/aromatic N) is 4. The van der Waals surface area contributed by atoms with Gasteiger partial charge in [-0.25, -0.2) is 4.99 Å². The number of aromatic nitrogens is 1. The normalized spacial score (nSPS) is 14.6. The van der Waals surface area contributed by atoms with Crippen LogP contribution in [0, 0.1) is 0 Å². The lowest BCUT2D eigenvalue weighted by molar-refractivity contribution is -0.0498. The van der Waals surface area contributed by atoms with Crippen LogP contribution in [-0.2, 0) is 0 Å².